The first-order chi connectivity index (χ1) is 25.3. The van der Waals surface area contributed by atoms with Crippen molar-refractivity contribution in [3.63, 3.8) is 0 Å². The molecule has 1 aliphatic heterocycles. The van der Waals surface area contributed by atoms with Crippen molar-refractivity contribution in [1.29, 1.82) is 0 Å². The fourth-order valence-electron chi connectivity index (χ4n) is 6.87. The lowest BCUT2D eigenvalue weighted by Crippen LogP contribution is -2.52. The third-order valence-electron chi connectivity index (χ3n) is 9.48. The number of nitrogens with one attached hydrogen (secondary N) is 1. The molecule has 2 aliphatic carbocycles. The molecule has 2 aromatic heterocycles. The first-order valence-electron chi connectivity index (χ1n) is 16.7. The molecule has 20 heteroatoms. The molecule has 54 heavy (non-hydrogen) atoms. The summed E-state index contributed by atoms with van der Waals surface area (Å²) in [4.78, 5) is 37.1. The number of aromatic nitrogens is 5. The number of benzene rings is 1. The summed E-state index contributed by atoms with van der Waals surface area (Å²) in [7, 11) is 0. The number of aliphatic imine (C=N–C) groups is 1. The number of guanidine groups is 1. The molecule has 12 nitrogen and oxygen atoms in total. The summed E-state index contributed by atoms with van der Waals surface area (Å²) in [6.07, 6.45) is -2.60. The van der Waals surface area contributed by atoms with Crippen molar-refractivity contribution in [2.24, 2.45) is 22.1 Å². The molecule has 1 unspecified atom stereocenters. The van der Waals surface area contributed by atoms with Crippen LogP contribution in [-0.4, -0.2) is 71.3 Å². The number of amides is 2. The zero-order chi connectivity index (χ0) is 39.4. The van der Waals surface area contributed by atoms with Crippen molar-refractivity contribution >= 4 is 35.1 Å². The quantitative estimate of drug-likeness (QED) is 0.194. The van der Waals surface area contributed by atoms with Crippen molar-refractivity contribution in [1.82, 2.24) is 34.8 Å². The van der Waals surface area contributed by atoms with Crippen molar-refractivity contribution < 1.29 is 45.1 Å². The standard InChI is InChI=1S/C34H35ClF7N9O3/c1-31(2,3)16-33(20-7-4-18(5-8-20)22-10-13-45-51(22)28(38)39)27(52)49(29(43)47-33)24(15-54-30(53)48-32(11-12-32)34(40,41)42)19-6-9-21(35)23(14-19)50-26(25(36)37)44-17-46-50/h4-7,9-10,13-14,17,20,24-25,28H,8,11-12,15-16H2,1-3H3,(H2,43,47)(H,48,53)/t20?,24-,33-/m1/s1. The Morgan fingerprint density at radius 2 is 1.85 bits per heavy atom. The highest BCUT2D eigenvalue weighted by Crippen LogP contribution is 2.49. The Morgan fingerprint density at radius 1 is 1.13 bits per heavy atom. The summed E-state index contributed by atoms with van der Waals surface area (Å²) in [5.41, 5.74) is 2.54. The maximum Gasteiger partial charge on any atom is 0.411 e. The highest BCUT2D eigenvalue weighted by atomic mass is 35.5. The molecule has 3 aliphatic rings. The fraction of sp³-hybridized carbons (Fsp3) is 0.471. The zero-order valence-corrected chi connectivity index (χ0v) is 29.8. The number of carbonyl (C=O) groups is 2. The fourth-order valence-corrected chi connectivity index (χ4v) is 7.07. The second kappa shape index (κ2) is 14.0. The van der Waals surface area contributed by atoms with Crippen LogP contribution in [0.4, 0.5) is 35.5 Å². The summed E-state index contributed by atoms with van der Waals surface area (Å²) in [6, 6.07) is 4.06. The van der Waals surface area contributed by atoms with E-state index in [0.717, 1.165) is 15.9 Å². The molecule has 1 fully saturated rings. The lowest BCUT2D eigenvalue weighted by molar-refractivity contribution is -0.164. The number of alkyl halides is 7. The molecular formula is C34H35ClF7N9O3. The Hall–Kier alpha value is -4.94. The van der Waals surface area contributed by atoms with E-state index in [0.29, 0.717) is 10.3 Å². The Balaban J connectivity index is 1.38. The molecule has 290 valence electrons. The Labute approximate surface area is 308 Å². The zero-order valence-electron chi connectivity index (χ0n) is 29.0. The molecule has 1 aromatic carbocycles. The molecule has 0 spiro atoms. The molecule has 0 saturated heterocycles. The first-order valence-corrected chi connectivity index (χ1v) is 17.0. The van der Waals surface area contributed by atoms with Crippen molar-refractivity contribution in [3.05, 3.63) is 77.1 Å². The summed E-state index contributed by atoms with van der Waals surface area (Å²) in [5, 5.41) is 9.35. The number of ether oxygens (including phenoxy) is 1. The lowest BCUT2D eigenvalue weighted by atomic mass is 9.70. The molecule has 1 saturated carbocycles. The first kappa shape index (κ1) is 38.8. The van der Waals surface area contributed by atoms with E-state index in [1.807, 2.05) is 26.1 Å². The number of halogens is 8. The van der Waals surface area contributed by atoms with Crippen LogP contribution in [0.5, 0.6) is 0 Å². The van der Waals surface area contributed by atoms with E-state index in [1.54, 1.807) is 18.2 Å². The van der Waals surface area contributed by atoms with Gasteiger partial charge in [-0.1, -0.05) is 56.7 Å². The van der Waals surface area contributed by atoms with E-state index in [1.165, 1.54) is 30.5 Å². The van der Waals surface area contributed by atoms with Crippen LogP contribution in [0.3, 0.4) is 0 Å². The van der Waals surface area contributed by atoms with Crippen LogP contribution < -0.4 is 11.1 Å². The lowest BCUT2D eigenvalue weighted by Gasteiger charge is -2.38. The van der Waals surface area contributed by atoms with E-state index in [-0.39, 0.29) is 53.6 Å². The Bertz CT molecular complexity index is 2020. The van der Waals surface area contributed by atoms with Gasteiger partial charge in [-0.05, 0) is 60.4 Å². The van der Waals surface area contributed by atoms with Crippen LogP contribution >= 0.6 is 11.6 Å². The van der Waals surface area contributed by atoms with Gasteiger partial charge in [-0.25, -0.2) is 32.9 Å². The van der Waals surface area contributed by atoms with Gasteiger partial charge in [-0.15, -0.1) is 0 Å². The molecule has 0 radical (unpaired) electrons. The van der Waals surface area contributed by atoms with Crippen LogP contribution in [0.15, 0.2) is 60.0 Å². The van der Waals surface area contributed by atoms with Crippen LogP contribution in [0.1, 0.15) is 82.6 Å². The van der Waals surface area contributed by atoms with Crippen molar-refractivity contribution in [2.45, 2.75) is 82.7 Å². The number of carbonyl (C=O) groups excluding carboxylic acids is 2. The normalized spacial score (nSPS) is 21.8. The summed E-state index contributed by atoms with van der Waals surface area (Å²) in [6.45, 7) is 1.96. The van der Waals surface area contributed by atoms with Crippen LogP contribution in [0, 0.1) is 11.3 Å². The van der Waals surface area contributed by atoms with Gasteiger partial charge in [0.25, 0.3) is 12.3 Å². The third kappa shape index (κ3) is 7.29. The molecule has 3 atom stereocenters. The van der Waals surface area contributed by atoms with Gasteiger partial charge in [0.05, 0.1) is 22.4 Å². The van der Waals surface area contributed by atoms with E-state index in [9.17, 15) is 40.3 Å². The van der Waals surface area contributed by atoms with Crippen LogP contribution in [-0.2, 0) is 9.53 Å². The smallest absolute Gasteiger partial charge is 0.411 e. The van der Waals surface area contributed by atoms with Gasteiger partial charge in [0, 0.05) is 12.1 Å². The molecule has 2 amide bonds. The number of allylic oxidation sites excluding steroid dienone is 3. The van der Waals surface area contributed by atoms with E-state index < -0.39 is 72.0 Å². The second-order valence-electron chi connectivity index (χ2n) is 14.5. The molecule has 6 rings (SSSR count). The van der Waals surface area contributed by atoms with E-state index >= 15 is 0 Å². The SMILES string of the molecule is CC(C)(C)C[C@]1(C2C=CC(c3ccnn3C(F)F)=CC2)N=C(N)N([C@H](COC(=O)NC2(C(F)(F)F)CC2)c2ccc(Cl)c(-n3ncnc3C(F)F)c2)C1=O. The molecule has 3 heterocycles. The number of alkyl carbamates (subject to hydrolysis) is 1. The van der Waals surface area contributed by atoms with Crippen LogP contribution in [0.25, 0.3) is 11.3 Å². The van der Waals surface area contributed by atoms with Gasteiger partial charge in [-0.3, -0.25) is 9.69 Å². The van der Waals surface area contributed by atoms with Gasteiger partial charge in [0.1, 0.15) is 18.5 Å². The average molecular weight is 786 g/mol. The topological polar surface area (TPSA) is 146 Å². The van der Waals surface area contributed by atoms with Gasteiger partial charge >= 0.3 is 18.8 Å². The molecular weight excluding hydrogens is 751 g/mol. The second-order valence-corrected chi connectivity index (χ2v) is 14.9. The maximum absolute atomic E-state index is 14.9. The molecule has 3 N–H and O–H groups in total. The molecule has 0 bridgehead atoms. The van der Waals surface area contributed by atoms with Gasteiger partial charge in [0.15, 0.2) is 17.3 Å². The summed E-state index contributed by atoms with van der Waals surface area (Å²) >= 11 is 6.41. The van der Waals surface area contributed by atoms with E-state index in [2.05, 4.69) is 15.2 Å². The minimum Gasteiger partial charge on any atom is -0.447 e. The van der Waals surface area contributed by atoms with Crippen LogP contribution in [0.2, 0.25) is 5.02 Å². The number of nitrogens with two attached hydrogens (primary N) is 1. The summed E-state index contributed by atoms with van der Waals surface area (Å²) in [5.74, 6) is -2.40. The van der Waals surface area contributed by atoms with Crippen molar-refractivity contribution in [3.8, 4) is 5.69 Å². The highest BCUT2D eigenvalue weighted by molar-refractivity contribution is 6.32. The van der Waals surface area contributed by atoms with Crippen molar-refractivity contribution in [2.75, 3.05) is 6.61 Å². The Morgan fingerprint density at radius 3 is 2.44 bits per heavy atom. The number of hydrogen-bond donors (Lipinski definition) is 2. The highest BCUT2D eigenvalue weighted by Gasteiger charge is 2.65. The van der Waals surface area contributed by atoms with Gasteiger partial charge in [0.2, 0.25) is 0 Å². The molecule has 3 aromatic rings. The third-order valence-corrected chi connectivity index (χ3v) is 9.80. The minimum absolute atomic E-state index is 0.0519. The maximum atomic E-state index is 14.9. The number of nitrogens with zero attached hydrogens (tertiary/aromatic N) is 7. The van der Waals surface area contributed by atoms with Gasteiger partial charge in [-0.2, -0.15) is 32.1 Å². The Kier molecular flexibility index (Phi) is 10.1. The number of hydrogen-bond acceptors (Lipinski definition) is 8. The van der Waals surface area contributed by atoms with Gasteiger partial charge < -0.3 is 15.8 Å². The summed E-state index contributed by atoms with van der Waals surface area (Å²) < 4.78 is 102. The predicted molar refractivity (Wildman–Crippen MR) is 181 cm³/mol. The largest absolute Gasteiger partial charge is 0.447 e. The number of rotatable bonds is 11. The predicted octanol–water partition coefficient (Wildman–Crippen LogP) is 7.30. The monoisotopic (exact) mass is 785 g/mol. The average Bonchev–Trinajstić information content (AvgIpc) is 3.40. The van der Waals surface area contributed by atoms with E-state index in [4.69, 9.17) is 27.1 Å². The minimum atomic E-state index is -4.74.